The molecule has 0 saturated carbocycles. The molecule has 0 bridgehead atoms. The lowest BCUT2D eigenvalue weighted by atomic mass is 10.3. The summed E-state index contributed by atoms with van der Waals surface area (Å²) in [7, 11) is 1.63. The van der Waals surface area contributed by atoms with Gasteiger partial charge in [-0.2, -0.15) is 0 Å². The van der Waals surface area contributed by atoms with Crippen LogP contribution in [0.4, 0.5) is 5.82 Å². The molecule has 0 aliphatic carbocycles. The van der Waals surface area contributed by atoms with Gasteiger partial charge in [0.1, 0.15) is 28.9 Å². The predicted octanol–water partition coefficient (Wildman–Crippen LogP) is 2.31. The number of rotatable bonds is 4. The standard InChI is InChI=1S/C11H12N2O2S/c1-14-8-2-4-9(5-3-8)15-6-11-13-10(12)7-16-11/h2-5,7H,6,12H2,1H3. The van der Waals surface area contributed by atoms with Gasteiger partial charge in [0.25, 0.3) is 0 Å². The molecule has 0 unspecified atom stereocenters. The third-order valence-corrected chi connectivity index (χ3v) is 2.83. The molecule has 0 aliphatic heterocycles. The smallest absolute Gasteiger partial charge is 0.140 e. The van der Waals surface area contributed by atoms with Crippen molar-refractivity contribution in [2.45, 2.75) is 6.61 Å². The van der Waals surface area contributed by atoms with E-state index in [1.54, 1.807) is 12.5 Å². The summed E-state index contributed by atoms with van der Waals surface area (Å²) in [5.41, 5.74) is 5.51. The molecule has 2 rings (SSSR count). The van der Waals surface area contributed by atoms with Gasteiger partial charge in [-0.25, -0.2) is 4.98 Å². The molecule has 2 N–H and O–H groups in total. The van der Waals surface area contributed by atoms with E-state index in [4.69, 9.17) is 15.2 Å². The van der Waals surface area contributed by atoms with E-state index in [9.17, 15) is 0 Å². The molecule has 4 nitrogen and oxygen atoms in total. The molecule has 0 amide bonds. The van der Waals surface area contributed by atoms with Crippen LogP contribution in [0.5, 0.6) is 11.5 Å². The van der Waals surface area contributed by atoms with E-state index in [2.05, 4.69) is 4.98 Å². The first-order chi connectivity index (χ1) is 7.78. The molecule has 0 radical (unpaired) electrons. The maximum absolute atomic E-state index is 5.54. The molecule has 0 fully saturated rings. The zero-order valence-electron chi connectivity index (χ0n) is 8.84. The Hall–Kier alpha value is -1.75. The predicted molar refractivity (Wildman–Crippen MR) is 63.9 cm³/mol. The molecule has 0 atom stereocenters. The van der Waals surface area contributed by atoms with Gasteiger partial charge < -0.3 is 15.2 Å². The summed E-state index contributed by atoms with van der Waals surface area (Å²) in [6.45, 7) is 0.439. The Morgan fingerprint density at radius 2 is 1.94 bits per heavy atom. The van der Waals surface area contributed by atoms with Crippen LogP contribution in [0.25, 0.3) is 0 Å². The Bertz CT molecular complexity index is 453. The topological polar surface area (TPSA) is 57.4 Å². The molecule has 84 valence electrons. The summed E-state index contributed by atoms with van der Waals surface area (Å²) < 4.78 is 10.6. The summed E-state index contributed by atoms with van der Waals surface area (Å²) in [6, 6.07) is 7.42. The van der Waals surface area contributed by atoms with Crippen molar-refractivity contribution in [2.75, 3.05) is 12.8 Å². The van der Waals surface area contributed by atoms with Crippen LogP contribution in [-0.2, 0) is 6.61 Å². The Balaban J connectivity index is 1.94. The van der Waals surface area contributed by atoms with Crippen LogP contribution < -0.4 is 15.2 Å². The van der Waals surface area contributed by atoms with Crippen molar-refractivity contribution in [3.05, 3.63) is 34.7 Å². The fourth-order valence-electron chi connectivity index (χ4n) is 1.21. The molecule has 1 heterocycles. The molecule has 1 aromatic heterocycles. The Labute approximate surface area is 97.6 Å². The number of hydrogen-bond donors (Lipinski definition) is 1. The van der Waals surface area contributed by atoms with Gasteiger partial charge in [-0.3, -0.25) is 0 Å². The maximum Gasteiger partial charge on any atom is 0.140 e. The van der Waals surface area contributed by atoms with E-state index in [0.29, 0.717) is 12.4 Å². The lowest BCUT2D eigenvalue weighted by Crippen LogP contribution is -1.95. The van der Waals surface area contributed by atoms with E-state index >= 15 is 0 Å². The summed E-state index contributed by atoms with van der Waals surface area (Å²) >= 11 is 1.49. The van der Waals surface area contributed by atoms with E-state index in [1.165, 1.54) is 11.3 Å². The molecule has 0 saturated heterocycles. The van der Waals surface area contributed by atoms with Crippen LogP contribution >= 0.6 is 11.3 Å². The minimum absolute atomic E-state index is 0.439. The number of anilines is 1. The lowest BCUT2D eigenvalue weighted by Gasteiger charge is -2.04. The monoisotopic (exact) mass is 236 g/mol. The number of nitrogens with zero attached hydrogens (tertiary/aromatic N) is 1. The van der Waals surface area contributed by atoms with Gasteiger partial charge in [0.05, 0.1) is 7.11 Å². The fourth-order valence-corrected chi connectivity index (χ4v) is 1.80. The van der Waals surface area contributed by atoms with Gasteiger partial charge in [0.15, 0.2) is 0 Å². The fraction of sp³-hybridized carbons (Fsp3) is 0.182. The number of methoxy groups -OCH3 is 1. The van der Waals surface area contributed by atoms with Gasteiger partial charge in [-0.15, -0.1) is 11.3 Å². The molecule has 0 aliphatic rings. The zero-order valence-corrected chi connectivity index (χ0v) is 9.66. The van der Waals surface area contributed by atoms with E-state index < -0.39 is 0 Å². The average Bonchev–Trinajstić information content (AvgIpc) is 2.73. The maximum atomic E-state index is 5.54. The minimum atomic E-state index is 0.439. The van der Waals surface area contributed by atoms with Crippen LogP contribution in [0.15, 0.2) is 29.6 Å². The molecule has 0 spiro atoms. The second-order valence-electron chi connectivity index (χ2n) is 3.13. The van der Waals surface area contributed by atoms with Crippen molar-refractivity contribution in [3.8, 4) is 11.5 Å². The second-order valence-corrected chi connectivity index (χ2v) is 4.07. The Kier molecular flexibility index (Phi) is 3.26. The highest BCUT2D eigenvalue weighted by molar-refractivity contribution is 7.09. The van der Waals surface area contributed by atoms with Crippen LogP contribution in [0.1, 0.15) is 5.01 Å². The van der Waals surface area contributed by atoms with Gasteiger partial charge >= 0.3 is 0 Å². The summed E-state index contributed by atoms with van der Waals surface area (Å²) in [6.07, 6.45) is 0. The van der Waals surface area contributed by atoms with Crippen LogP contribution in [0, 0.1) is 0 Å². The number of benzene rings is 1. The van der Waals surface area contributed by atoms with Gasteiger partial charge in [-0.05, 0) is 24.3 Å². The lowest BCUT2D eigenvalue weighted by molar-refractivity contribution is 0.305. The zero-order chi connectivity index (χ0) is 11.4. The highest BCUT2D eigenvalue weighted by Crippen LogP contribution is 2.19. The number of nitrogen functional groups attached to an aromatic ring is 1. The first-order valence-electron chi connectivity index (χ1n) is 4.74. The summed E-state index contributed by atoms with van der Waals surface area (Å²) in [5, 5.41) is 2.67. The van der Waals surface area contributed by atoms with E-state index in [0.717, 1.165) is 16.5 Å². The van der Waals surface area contributed by atoms with Crippen molar-refractivity contribution >= 4 is 17.2 Å². The third kappa shape index (κ3) is 2.64. The molecule has 2 aromatic rings. The van der Waals surface area contributed by atoms with Gasteiger partial charge in [0.2, 0.25) is 0 Å². The normalized spacial score (nSPS) is 10.1. The van der Waals surface area contributed by atoms with E-state index in [-0.39, 0.29) is 0 Å². The van der Waals surface area contributed by atoms with Crippen molar-refractivity contribution in [1.82, 2.24) is 4.98 Å². The van der Waals surface area contributed by atoms with E-state index in [1.807, 2.05) is 24.3 Å². The molecular weight excluding hydrogens is 224 g/mol. The number of ether oxygens (including phenoxy) is 2. The van der Waals surface area contributed by atoms with Crippen molar-refractivity contribution < 1.29 is 9.47 Å². The number of aromatic nitrogens is 1. The first-order valence-corrected chi connectivity index (χ1v) is 5.62. The van der Waals surface area contributed by atoms with Crippen LogP contribution in [0.3, 0.4) is 0 Å². The minimum Gasteiger partial charge on any atom is -0.497 e. The SMILES string of the molecule is COc1ccc(OCc2nc(N)cs2)cc1. The summed E-state index contributed by atoms with van der Waals surface area (Å²) in [4.78, 5) is 4.11. The molecule has 1 aromatic carbocycles. The second kappa shape index (κ2) is 4.85. The average molecular weight is 236 g/mol. The highest BCUT2D eigenvalue weighted by Gasteiger charge is 2.00. The largest absolute Gasteiger partial charge is 0.497 e. The highest BCUT2D eigenvalue weighted by atomic mass is 32.1. The van der Waals surface area contributed by atoms with Crippen molar-refractivity contribution in [3.63, 3.8) is 0 Å². The molecule has 16 heavy (non-hydrogen) atoms. The molecular formula is C11H12N2O2S. The number of nitrogens with two attached hydrogens (primary N) is 1. The number of hydrogen-bond acceptors (Lipinski definition) is 5. The van der Waals surface area contributed by atoms with Crippen molar-refractivity contribution in [1.29, 1.82) is 0 Å². The molecule has 5 heteroatoms. The van der Waals surface area contributed by atoms with Gasteiger partial charge in [-0.1, -0.05) is 0 Å². The number of thiazole rings is 1. The van der Waals surface area contributed by atoms with Gasteiger partial charge in [0, 0.05) is 5.38 Å². The summed E-state index contributed by atoms with van der Waals surface area (Å²) in [5.74, 6) is 2.14. The first kappa shape index (κ1) is 10.8. The van der Waals surface area contributed by atoms with Crippen LogP contribution in [-0.4, -0.2) is 12.1 Å². The quantitative estimate of drug-likeness (QED) is 0.885. The Morgan fingerprint density at radius 3 is 2.50 bits per heavy atom. The third-order valence-electron chi connectivity index (χ3n) is 1.99. The Morgan fingerprint density at radius 1 is 1.25 bits per heavy atom. The van der Waals surface area contributed by atoms with Crippen molar-refractivity contribution in [2.24, 2.45) is 0 Å². The van der Waals surface area contributed by atoms with Crippen LogP contribution in [0.2, 0.25) is 0 Å².